The average molecular weight is 293 g/mol. The monoisotopic (exact) mass is 293 g/mol. The van der Waals surface area contributed by atoms with E-state index in [1.54, 1.807) is 11.3 Å². The molecule has 112 valence electrons. The summed E-state index contributed by atoms with van der Waals surface area (Å²) in [5, 5.41) is 0. The fourth-order valence-electron chi connectivity index (χ4n) is 2.98. The maximum absolute atomic E-state index is 12.3. The molecule has 0 radical (unpaired) electrons. The molecule has 1 aliphatic carbocycles. The van der Waals surface area contributed by atoms with Crippen LogP contribution in [0.4, 0.5) is 0 Å². The molecular formula is C17H27NOS. The normalized spacial score (nSPS) is 19.4. The molecule has 0 saturated heterocycles. The lowest BCUT2D eigenvalue weighted by atomic mass is 9.75. The van der Waals surface area contributed by atoms with Crippen molar-refractivity contribution in [2.24, 2.45) is 5.41 Å². The van der Waals surface area contributed by atoms with Gasteiger partial charge in [0.15, 0.2) is 5.78 Å². The Morgan fingerprint density at radius 1 is 1.35 bits per heavy atom. The number of aryl methyl sites for hydroxylation is 1. The van der Waals surface area contributed by atoms with Gasteiger partial charge in [-0.25, -0.2) is 0 Å². The van der Waals surface area contributed by atoms with E-state index >= 15 is 0 Å². The van der Waals surface area contributed by atoms with Crippen LogP contribution in [0.1, 0.15) is 61.0 Å². The standard InChI is InChI=1S/C17H27NOS/c1-5-14-6-7-16(20-14)15(19)12-18(4)13-8-10-17(2,3)11-9-13/h6-7,13H,5,8-12H2,1-4H3. The van der Waals surface area contributed by atoms with E-state index in [1.165, 1.54) is 30.6 Å². The lowest BCUT2D eigenvalue weighted by Crippen LogP contribution is -2.39. The molecule has 1 aliphatic rings. The highest BCUT2D eigenvalue weighted by Crippen LogP contribution is 2.36. The topological polar surface area (TPSA) is 20.3 Å². The van der Waals surface area contributed by atoms with E-state index in [4.69, 9.17) is 0 Å². The van der Waals surface area contributed by atoms with E-state index in [9.17, 15) is 4.79 Å². The lowest BCUT2D eigenvalue weighted by Gasteiger charge is -2.38. The van der Waals surface area contributed by atoms with Gasteiger partial charge in [0.1, 0.15) is 0 Å². The lowest BCUT2D eigenvalue weighted by molar-refractivity contribution is 0.0855. The highest BCUT2D eigenvalue weighted by molar-refractivity contribution is 7.14. The first-order valence-electron chi connectivity index (χ1n) is 7.73. The molecule has 0 N–H and O–H groups in total. The second-order valence-electron chi connectivity index (χ2n) is 6.85. The summed E-state index contributed by atoms with van der Waals surface area (Å²) in [6, 6.07) is 4.66. The van der Waals surface area contributed by atoms with Crippen LogP contribution >= 0.6 is 11.3 Å². The van der Waals surface area contributed by atoms with Crippen LogP contribution in [-0.4, -0.2) is 30.3 Å². The number of Topliss-reactive ketones (excluding diaryl/α,β-unsaturated/α-hetero) is 1. The fourth-order valence-corrected chi connectivity index (χ4v) is 3.85. The van der Waals surface area contributed by atoms with Crippen LogP contribution in [-0.2, 0) is 6.42 Å². The quantitative estimate of drug-likeness (QED) is 0.750. The van der Waals surface area contributed by atoms with Crippen LogP contribution in [0.25, 0.3) is 0 Å². The number of nitrogens with zero attached hydrogens (tertiary/aromatic N) is 1. The van der Waals surface area contributed by atoms with Crippen LogP contribution in [0.5, 0.6) is 0 Å². The van der Waals surface area contributed by atoms with Crippen molar-refractivity contribution >= 4 is 17.1 Å². The van der Waals surface area contributed by atoms with Gasteiger partial charge in [-0.2, -0.15) is 0 Å². The molecule has 0 unspecified atom stereocenters. The van der Waals surface area contributed by atoms with Gasteiger partial charge < -0.3 is 0 Å². The molecule has 1 aromatic heterocycles. The molecule has 2 nitrogen and oxygen atoms in total. The van der Waals surface area contributed by atoms with Gasteiger partial charge in [0.25, 0.3) is 0 Å². The van der Waals surface area contributed by atoms with Gasteiger partial charge in [-0.05, 0) is 56.7 Å². The number of carbonyl (C=O) groups excluding carboxylic acids is 1. The minimum absolute atomic E-state index is 0.280. The van der Waals surface area contributed by atoms with Crippen molar-refractivity contribution in [3.63, 3.8) is 0 Å². The molecule has 3 heteroatoms. The molecule has 1 fully saturated rings. The zero-order valence-corrected chi connectivity index (χ0v) is 14.1. The largest absolute Gasteiger partial charge is 0.296 e. The van der Waals surface area contributed by atoms with E-state index in [2.05, 4.69) is 38.8 Å². The Hall–Kier alpha value is -0.670. The van der Waals surface area contributed by atoms with Crippen molar-refractivity contribution in [1.29, 1.82) is 0 Å². The summed E-state index contributed by atoms with van der Waals surface area (Å²) < 4.78 is 0. The van der Waals surface area contributed by atoms with Crippen LogP contribution in [0.15, 0.2) is 12.1 Å². The minimum atomic E-state index is 0.280. The number of rotatable bonds is 5. The highest BCUT2D eigenvalue weighted by atomic mass is 32.1. The summed E-state index contributed by atoms with van der Waals surface area (Å²) in [5.74, 6) is 0.280. The van der Waals surface area contributed by atoms with Gasteiger partial charge in [0.2, 0.25) is 0 Å². The number of likely N-dealkylation sites (N-methyl/N-ethyl adjacent to an activating group) is 1. The second-order valence-corrected chi connectivity index (χ2v) is 8.02. The Bertz CT molecular complexity index is 453. The molecule has 1 saturated carbocycles. The fraction of sp³-hybridized carbons (Fsp3) is 0.706. The van der Waals surface area contributed by atoms with Crippen molar-refractivity contribution in [2.75, 3.05) is 13.6 Å². The first-order chi connectivity index (χ1) is 9.41. The summed E-state index contributed by atoms with van der Waals surface area (Å²) in [4.78, 5) is 16.8. The molecule has 0 aliphatic heterocycles. The predicted molar refractivity (Wildman–Crippen MR) is 86.7 cm³/mol. The summed E-state index contributed by atoms with van der Waals surface area (Å²) in [6.07, 6.45) is 6.01. The minimum Gasteiger partial charge on any atom is -0.296 e. The summed E-state index contributed by atoms with van der Waals surface area (Å²) in [5.41, 5.74) is 0.491. The second kappa shape index (κ2) is 6.40. The van der Waals surface area contributed by atoms with Gasteiger partial charge in [-0.15, -0.1) is 11.3 Å². The molecule has 2 rings (SSSR count). The maximum atomic E-state index is 12.3. The van der Waals surface area contributed by atoms with Gasteiger partial charge >= 0.3 is 0 Å². The van der Waals surface area contributed by atoms with Crippen molar-refractivity contribution in [3.05, 3.63) is 21.9 Å². The number of thiophene rings is 1. The Balaban J connectivity index is 1.88. The third kappa shape index (κ3) is 3.92. The Kier molecular flexibility index (Phi) is 5.03. The highest BCUT2D eigenvalue weighted by Gasteiger charge is 2.29. The van der Waals surface area contributed by atoms with E-state index in [0.29, 0.717) is 18.0 Å². The smallest absolute Gasteiger partial charge is 0.186 e. The Morgan fingerprint density at radius 3 is 2.55 bits per heavy atom. The third-order valence-electron chi connectivity index (χ3n) is 4.61. The van der Waals surface area contributed by atoms with Crippen LogP contribution < -0.4 is 0 Å². The van der Waals surface area contributed by atoms with Crippen molar-refractivity contribution in [3.8, 4) is 0 Å². The first kappa shape index (κ1) is 15.7. The summed E-state index contributed by atoms with van der Waals surface area (Å²) in [7, 11) is 2.11. The zero-order chi connectivity index (χ0) is 14.8. The molecule has 20 heavy (non-hydrogen) atoms. The maximum Gasteiger partial charge on any atom is 0.186 e. The van der Waals surface area contributed by atoms with Crippen LogP contribution in [0, 0.1) is 5.41 Å². The molecule has 1 aromatic rings. The van der Waals surface area contributed by atoms with Crippen LogP contribution in [0.3, 0.4) is 0 Å². The molecule has 0 amide bonds. The van der Waals surface area contributed by atoms with Gasteiger partial charge in [-0.3, -0.25) is 9.69 Å². The van der Waals surface area contributed by atoms with Gasteiger partial charge in [0.05, 0.1) is 11.4 Å². The molecule has 0 bridgehead atoms. The average Bonchev–Trinajstić information content (AvgIpc) is 2.87. The predicted octanol–water partition coefficient (Wildman–Crippen LogP) is 4.39. The number of ketones is 1. The molecule has 0 aromatic carbocycles. The summed E-state index contributed by atoms with van der Waals surface area (Å²) >= 11 is 1.65. The van der Waals surface area contributed by atoms with Crippen molar-refractivity contribution < 1.29 is 4.79 Å². The molecule has 0 spiro atoms. The number of hydrogen-bond acceptors (Lipinski definition) is 3. The van der Waals surface area contributed by atoms with Crippen molar-refractivity contribution in [2.45, 2.75) is 58.9 Å². The Morgan fingerprint density at radius 2 is 2.00 bits per heavy atom. The van der Waals surface area contributed by atoms with E-state index in [-0.39, 0.29) is 5.78 Å². The first-order valence-corrected chi connectivity index (χ1v) is 8.55. The van der Waals surface area contributed by atoms with E-state index in [0.717, 1.165) is 11.3 Å². The van der Waals surface area contributed by atoms with Gasteiger partial charge in [0, 0.05) is 10.9 Å². The molecule has 1 heterocycles. The zero-order valence-electron chi connectivity index (χ0n) is 13.2. The van der Waals surface area contributed by atoms with Gasteiger partial charge in [-0.1, -0.05) is 20.8 Å². The number of carbonyl (C=O) groups is 1. The molecule has 0 atom stereocenters. The SMILES string of the molecule is CCc1ccc(C(=O)CN(C)C2CCC(C)(C)CC2)s1. The van der Waals surface area contributed by atoms with E-state index in [1.807, 2.05) is 6.07 Å². The molecular weight excluding hydrogens is 266 g/mol. The summed E-state index contributed by atoms with van der Waals surface area (Å²) in [6.45, 7) is 7.41. The third-order valence-corrected chi connectivity index (χ3v) is 5.88. The van der Waals surface area contributed by atoms with E-state index < -0.39 is 0 Å². The number of hydrogen-bond donors (Lipinski definition) is 0. The van der Waals surface area contributed by atoms with Crippen LogP contribution in [0.2, 0.25) is 0 Å². The van der Waals surface area contributed by atoms with Crippen molar-refractivity contribution in [1.82, 2.24) is 4.90 Å². The Labute approximate surface area is 127 Å².